The van der Waals surface area contributed by atoms with Gasteiger partial charge >= 0.3 is 18.5 Å². The van der Waals surface area contributed by atoms with Crippen molar-refractivity contribution in [3.8, 4) is 51.0 Å². The number of aromatic nitrogens is 6. The Hall–Kier alpha value is -6.26. The molecule has 0 radical (unpaired) electrons. The van der Waals surface area contributed by atoms with Crippen molar-refractivity contribution in [1.29, 1.82) is 0 Å². The monoisotopic (exact) mass is 1180 g/mol. The van der Waals surface area contributed by atoms with E-state index in [0.717, 1.165) is 36.4 Å². The predicted octanol–water partition coefficient (Wildman–Crippen LogP) is 9.73. The van der Waals surface area contributed by atoms with Gasteiger partial charge in [0.15, 0.2) is 0 Å². The lowest BCUT2D eigenvalue weighted by molar-refractivity contribution is -0.139. The minimum atomic E-state index is -4.83. The van der Waals surface area contributed by atoms with E-state index in [1.165, 1.54) is 33.6 Å². The number of benzene rings is 3. The molecule has 6 rings (SSSR count). The first-order chi connectivity index (χ1) is 39.5. The average Bonchev–Trinajstić information content (AvgIpc) is 3.85. The molecule has 0 spiro atoms. The van der Waals surface area contributed by atoms with Crippen LogP contribution in [0.15, 0.2) is 73.2 Å². The van der Waals surface area contributed by atoms with Crippen molar-refractivity contribution in [2.75, 3.05) is 115 Å². The lowest BCUT2D eigenvalue weighted by Gasteiger charge is -2.18. The summed E-state index contributed by atoms with van der Waals surface area (Å²) in [5.41, 5.74) is 0.784. The maximum atomic E-state index is 14.8. The molecule has 0 saturated heterocycles. The van der Waals surface area contributed by atoms with Crippen LogP contribution in [0.1, 0.15) is 60.1 Å². The quantitative estimate of drug-likeness (QED) is 0.0220. The highest BCUT2D eigenvalue weighted by molar-refractivity contribution is 5.68. The van der Waals surface area contributed by atoms with Crippen molar-refractivity contribution < 1.29 is 63.2 Å². The molecule has 0 aliphatic rings. The van der Waals surface area contributed by atoms with E-state index in [4.69, 9.17) is 23.7 Å². The van der Waals surface area contributed by atoms with Gasteiger partial charge in [-0.05, 0) is 109 Å². The van der Waals surface area contributed by atoms with E-state index < -0.39 is 41.0 Å². The maximum absolute atomic E-state index is 14.8. The van der Waals surface area contributed by atoms with Crippen LogP contribution < -0.4 is 30.2 Å². The smallest absolute Gasteiger partial charge is 0.419 e. The molecular weight excluding hydrogens is 1100 g/mol. The minimum absolute atomic E-state index is 0.0465. The lowest BCUT2D eigenvalue weighted by atomic mass is 10.0. The van der Waals surface area contributed by atoms with Gasteiger partial charge in [0.25, 0.3) is 0 Å². The first-order valence-electron chi connectivity index (χ1n) is 27.3. The molecule has 0 amide bonds. The van der Waals surface area contributed by atoms with Crippen LogP contribution >= 0.6 is 0 Å². The number of hydrogen-bond acceptors (Lipinski definition) is 14. The van der Waals surface area contributed by atoms with Gasteiger partial charge in [-0.1, -0.05) is 13.8 Å². The number of nitrogens with one attached hydrogen (secondary N) is 4. The Morgan fingerprint density at radius 3 is 1.59 bits per heavy atom. The van der Waals surface area contributed by atoms with Crippen LogP contribution in [0.5, 0.6) is 17.2 Å². The second kappa shape index (κ2) is 31.0. The Balaban J connectivity index is 1.10. The van der Waals surface area contributed by atoms with Crippen LogP contribution in [0.4, 0.5) is 39.5 Å². The number of hydrogen-bond donors (Lipinski definition) is 4. The van der Waals surface area contributed by atoms with Crippen molar-refractivity contribution in [2.24, 2.45) is 5.92 Å². The summed E-state index contributed by atoms with van der Waals surface area (Å²) in [5, 5.41) is 25.4. The SMILES string of the molecule is CNCCN(C)Cc1cn(COCCCOc2ccc(-c3nn(COCCOc4ccc(-c5[nH]ncc5CN(C)CCNC)cc4C(F)(F)F)cc3CN(C)CCNC)cc2C(F)(F)F)nc1-c1cc(OCCC(C)C)cc(C(F)(F)F)c1. The molecule has 3 heterocycles. The van der Waals surface area contributed by atoms with Crippen LogP contribution in [-0.2, 0) is 61.1 Å². The van der Waals surface area contributed by atoms with E-state index in [2.05, 4.69) is 36.3 Å². The third kappa shape index (κ3) is 20.2. The summed E-state index contributed by atoms with van der Waals surface area (Å²) in [5.74, 6) is -0.445. The fourth-order valence-corrected chi connectivity index (χ4v) is 8.80. The zero-order chi connectivity index (χ0) is 60.3. The average molecular weight is 1180 g/mol. The number of aromatic amines is 1. The first-order valence-corrected chi connectivity index (χ1v) is 27.3. The van der Waals surface area contributed by atoms with E-state index in [9.17, 15) is 39.5 Å². The molecule has 0 unspecified atom stereocenters. The fraction of sp³-hybridized carbons (Fsp3) is 0.526. The second-order valence-corrected chi connectivity index (χ2v) is 20.7. The summed E-state index contributed by atoms with van der Waals surface area (Å²) >= 11 is 0. The number of nitrogens with zero attached hydrogens (tertiary/aromatic N) is 8. The van der Waals surface area contributed by atoms with E-state index >= 15 is 0 Å². The Morgan fingerprint density at radius 1 is 0.554 bits per heavy atom. The molecule has 0 atom stereocenters. The van der Waals surface area contributed by atoms with E-state index in [-0.39, 0.29) is 87.2 Å². The standard InChI is InChI=1S/C57H77F9N12O5/c1-39(2)14-23-81-47-27-42(26-46(30-47)55(58,59)60)54-45(34-76(8)20-17-69-5)36-77(73-54)37-79-21-9-22-82-50-13-11-41(29-49(50)57(64,65)66)53-44(33-75(7)19-16-68-4)35-78(72-53)38-80-24-25-83-51-12-10-40(28-48(51)56(61,62)63)52-43(31-70-71-52)32-74(6)18-15-67-3/h10-13,26-31,35-36,39,67-69H,9,14-25,32-34,37-38H2,1-8H3,(H,70,71). The van der Waals surface area contributed by atoms with E-state index in [0.29, 0.717) is 86.9 Å². The number of likely N-dealkylation sites (N-methyl/N-ethyl adjacent to an activating group) is 6. The lowest BCUT2D eigenvalue weighted by Crippen LogP contribution is -2.27. The van der Waals surface area contributed by atoms with Crippen molar-refractivity contribution >= 4 is 0 Å². The molecule has 17 nitrogen and oxygen atoms in total. The molecule has 0 saturated carbocycles. The van der Waals surface area contributed by atoms with Gasteiger partial charge in [0.1, 0.15) is 37.3 Å². The topological polar surface area (TPSA) is 156 Å². The number of ether oxygens (including phenoxy) is 5. The van der Waals surface area contributed by atoms with Crippen molar-refractivity contribution in [2.45, 2.75) is 78.3 Å². The molecule has 4 N–H and O–H groups in total. The molecule has 0 bridgehead atoms. The fourth-order valence-electron chi connectivity index (χ4n) is 8.80. The van der Waals surface area contributed by atoms with Crippen LogP contribution in [0, 0.1) is 5.92 Å². The van der Waals surface area contributed by atoms with Crippen molar-refractivity contribution in [3.63, 3.8) is 0 Å². The van der Waals surface area contributed by atoms with Gasteiger partial charge < -0.3 is 54.3 Å². The van der Waals surface area contributed by atoms with Gasteiger partial charge in [-0.15, -0.1) is 0 Å². The van der Waals surface area contributed by atoms with Gasteiger partial charge in [-0.3, -0.25) is 5.10 Å². The van der Waals surface area contributed by atoms with Gasteiger partial charge in [0.2, 0.25) is 0 Å². The van der Waals surface area contributed by atoms with E-state index in [1.807, 2.05) is 63.8 Å². The molecule has 83 heavy (non-hydrogen) atoms. The highest BCUT2D eigenvalue weighted by atomic mass is 19.4. The van der Waals surface area contributed by atoms with Gasteiger partial charge in [-0.25, -0.2) is 9.36 Å². The largest absolute Gasteiger partial charge is 0.494 e. The molecule has 0 aliphatic carbocycles. The van der Waals surface area contributed by atoms with Crippen LogP contribution in [-0.4, -0.2) is 159 Å². The number of alkyl halides is 9. The van der Waals surface area contributed by atoms with Crippen LogP contribution in [0.2, 0.25) is 0 Å². The maximum Gasteiger partial charge on any atom is 0.419 e. The second-order valence-electron chi connectivity index (χ2n) is 20.7. The third-order valence-corrected chi connectivity index (χ3v) is 13.2. The Labute approximate surface area is 478 Å². The van der Waals surface area contributed by atoms with Crippen LogP contribution in [0.25, 0.3) is 33.8 Å². The summed E-state index contributed by atoms with van der Waals surface area (Å²) in [6.07, 6.45) is -8.46. The molecule has 0 aliphatic heterocycles. The molecule has 3 aromatic heterocycles. The highest BCUT2D eigenvalue weighted by Gasteiger charge is 2.37. The molecular formula is C57H77F9N12O5. The highest BCUT2D eigenvalue weighted by Crippen LogP contribution is 2.42. The van der Waals surface area contributed by atoms with Gasteiger partial charge in [-0.2, -0.15) is 54.8 Å². The summed E-state index contributed by atoms with van der Waals surface area (Å²) in [4.78, 5) is 5.98. The number of H-pyrrole nitrogens is 1. The van der Waals surface area contributed by atoms with Gasteiger partial charge in [0, 0.05) is 111 Å². The van der Waals surface area contributed by atoms with Crippen molar-refractivity contribution in [3.05, 3.63) is 107 Å². The normalized spacial score (nSPS) is 12.5. The zero-order valence-corrected chi connectivity index (χ0v) is 48.3. The molecule has 3 aromatic carbocycles. The summed E-state index contributed by atoms with van der Waals surface area (Å²) in [7, 11) is 11.1. The first kappa shape index (κ1) is 65.9. The Bertz CT molecular complexity index is 2930. The number of rotatable bonds is 35. The molecule has 26 heteroatoms. The van der Waals surface area contributed by atoms with E-state index in [1.54, 1.807) is 31.7 Å². The molecule has 6 aromatic rings. The summed E-state index contributed by atoms with van der Waals surface area (Å²) in [6, 6.07) is 11.0. The van der Waals surface area contributed by atoms with Crippen molar-refractivity contribution in [1.82, 2.24) is 60.4 Å². The number of halogens is 9. The molecule has 0 fully saturated rings. The Morgan fingerprint density at radius 2 is 1.06 bits per heavy atom. The van der Waals surface area contributed by atoms with Crippen LogP contribution in [0.3, 0.4) is 0 Å². The van der Waals surface area contributed by atoms with Gasteiger partial charge in [0.05, 0.1) is 66.4 Å². The third-order valence-electron chi connectivity index (χ3n) is 13.2. The predicted molar refractivity (Wildman–Crippen MR) is 298 cm³/mol. The zero-order valence-electron chi connectivity index (χ0n) is 48.3. The summed E-state index contributed by atoms with van der Waals surface area (Å²) < 4.78 is 162. The minimum Gasteiger partial charge on any atom is -0.494 e. The summed E-state index contributed by atoms with van der Waals surface area (Å²) in [6.45, 7) is 8.53. The Kier molecular flexibility index (Phi) is 24.6. The molecule has 458 valence electrons.